The number of hydrogen-bond acceptors (Lipinski definition) is 6. The van der Waals surface area contributed by atoms with Crippen molar-refractivity contribution in [1.29, 1.82) is 0 Å². The van der Waals surface area contributed by atoms with Gasteiger partial charge in [0, 0.05) is 17.1 Å². The maximum absolute atomic E-state index is 12.5. The highest BCUT2D eigenvalue weighted by Crippen LogP contribution is 2.21. The number of aryl methyl sites for hydroxylation is 3. The second-order valence-corrected chi connectivity index (χ2v) is 8.92. The van der Waals surface area contributed by atoms with Gasteiger partial charge in [0.15, 0.2) is 11.6 Å². The minimum absolute atomic E-state index is 0.221. The van der Waals surface area contributed by atoms with Gasteiger partial charge in [-0.15, -0.1) is 10.2 Å². The first-order chi connectivity index (χ1) is 14.8. The number of rotatable bonds is 6. The molecule has 4 rings (SSSR count). The van der Waals surface area contributed by atoms with E-state index in [0.29, 0.717) is 17.3 Å². The Kier molecular flexibility index (Phi) is 5.43. The third-order valence-electron chi connectivity index (χ3n) is 4.62. The fourth-order valence-electron chi connectivity index (χ4n) is 3.07. The Morgan fingerprint density at radius 3 is 2.06 bits per heavy atom. The zero-order valence-electron chi connectivity index (χ0n) is 17.4. The third-order valence-corrected chi connectivity index (χ3v) is 6.02. The average molecular weight is 435 g/mol. The van der Waals surface area contributed by atoms with E-state index in [9.17, 15) is 8.42 Å². The molecule has 8 nitrogen and oxygen atoms in total. The standard InChI is InChI=1S/C22H22N6O2S/c1-15-4-10-20(11-5-15)31(29,30)27-19-8-6-18(7-9-19)23-21-12-13-22(25-24-21)28-17(3)14-16(2)26-28/h4-14,27H,1-3H3,(H,23,24). The molecule has 0 saturated heterocycles. The molecule has 0 fully saturated rings. The van der Waals surface area contributed by atoms with Crippen LogP contribution in [0.3, 0.4) is 0 Å². The average Bonchev–Trinajstić information content (AvgIpc) is 3.08. The van der Waals surface area contributed by atoms with Gasteiger partial charge in [0.1, 0.15) is 0 Å². The molecule has 0 bridgehead atoms. The summed E-state index contributed by atoms with van der Waals surface area (Å²) in [5.41, 5.74) is 4.12. The number of nitrogens with zero attached hydrogens (tertiary/aromatic N) is 4. The molecule has 0 aliphatic carbocycles. The number of aromatic nitrogens is 4. The lowest BCUT2D eigenvalue weighted by Crippen LogP contribution is -2.12. The van der Waals surface area contributed by atoms with Gasteiger partial charge in [-0.05, 0) is 75.4 Å². The maximum Gasteiger partial charge on any atom is 0.261 e. The molecule has 0 amide bonds. The van der Waals surface area contributed by atoms with Crippen molar-refractivity contribution in [2.75, 3.05) is 10.0 Å². The normalized spacial score (nSPS) is 11.3. The van der Waals surface area contributed by atoms with Crippen molar-refractivity contribution in [2.45, 2.75) is 25.7 Å². The molecule has 0 aliphatic rings. The quantitative estimate of drug-likeness (QED) is 0.473. The van der Waals surface area contributed by atoms with Crippen LogP contribution in [0, 0.1) is 20.8 Å². The minimum Gasteiger partial charge on any atom is -0.339 e. The molecule has 0 unspecified atom stereocenters. The Morgan fingerprint density at radius 1 is 0.806 bits per heavy atom. The van der Waals surface area contributed by atoms with Gasteiger partial charge >= 0.3 is 0 Å². The lowest BCUT2D eigenvalue weighted by atomic mass is 10.2. The Balaban J connectivity index is 1.44. The molecule has 0 aliphatic heterocycles. The first-order valence-electron chi connectivity index (χ1n) is 9.64. The first-order valence-corrected chi connectivity index (χ1v) is 11.1. The fourth-order valence-corrected chi connectivity index (χ4v) is 4.13. The van der Waals surface area contributed by atoms with Crippen molar-refractivity contribution in [3.05, 3.63) is 83.7 Å². The van der Waals surface area contributed by atoms with Gasteiger partial charge in [0.05, 0.1) is 10.6 Å². The van der Waals surface area contributed by atoms with Crippen molar-refractivity contribution in [1.82, 2.24) is 20.0 Å². The molecular weight excluding hydrogens is 412 g/mol. The number of benzene rings is 2. The van der Waals surface area contributed by atoms with Gasteiger partial charge in [0.25, 0.3) is 10.0 Å². The van der Waals surface area contributed by atoms with Crippen LogP contribution in [-0.4, -0.2) is 28.4 Å². The van der Waals surface area contributed by atoms with Gasteiger partial charge in [-0.3, -0.25) is 4.72 Å². The zero-order valence-corrected chi connectivity index (χ0v) is 18.2. The van der Waals surface area contributed by atoms with Crippen LogP contribution in [0.15, 0.2) is 71.6 Å². The highest BCUT2D eigenvalue weighted by Gasteiger charge is 2.13. The van der Waals surface area contributed by atoms with Crippen LogP contribution in [0.25, 0.3) is 5.82 Å². The molecule has 0 spiro atoms. The lowest BCUT2D eigenvalue weighted by Gasteiger charge is -2.10. The van der Waals surface area contributed by atoms with Crippen LogP contribution in [0.5, 0.6) is 0 Å². The smallest absolute Gasteiger partial charge is 0.261 e. The van der Waals surface area contributed by atoms with Gasteiger partial charge in [-0.2, -0.15) is 5.10 Å². The van der Waals surface area contributed by atoms with Crippen LogP contribution < -0.4 is 10.0 Å². The molecular formula is C22H22N6O2S. The summed E-state index contributed by atoms with van der Waals surface area (Å²) in [5.74, 6) is 1.20. The molecule has 4 aromatic rings. The summed E-state index contributed by atoms with van der Waals surface area (Å²) in [7, 11) is -3.64. The molecule has 0 radical (unpaired) electrons. The van der Waals surface area contributed by atoms with Crippen molar-refractivity contribution in [3.63, 3.8) is 0 Å². The molecule has 2 aromatic carbocycles. The number of anilines is 3. The second-order valence-electron chi connectivity index (χ2n) is 7.24. The Morgan fingerprint density at radius 2 is 1.48 bits per heavy atom. The van der Waals surface area contributed by atoms with Crippen molar-refractivity contribution in [3.8, 4) is 5.82 Å². The van der Waals surface area contributed by atoms with E-state index in [1.165, 1.54) is 0 Å². The summed E-state index contributed by atoms with van der Waals surface area (Å²) >= 11 is 0. The van der Waals surface area contributed by atoms with Gasteiger partial charge < -0.3 is 5.32 Å². The Labute approximate surface area is 181 Å². The lowest BCUT2D eigenvalue weighted by molar-refractivity contribution is 0.601. The number of nitrogens with one attached hydrogen (secondary N) is 2. The van der Waals surface area contributed by atoms with Crippen LogP contribution in [0.2, 0.25) is 0 Å². The fraction of sp³-hybridized carbons (Fsp3) is 0.136. The van der Waals surface area contributed by atoms with E-state index < -0.39 is 10.0 Å². The Bertz CT molecular complexity index is 1300. The number of hydrogen-bond donors (Lipinski definition) is 2. The summed E-state index contributed by atoms with van der Waals surface area (Å²) in [6.45, 7) is 5.80. The van der Waals surface area contributed by atoms with Crippen molar-refractivity contribution >= 4 is 27.2 Å². The van der Waals surface area contributed by atoms with Crippen molar-refractivity contribution in [2.24, 2.45) is 0 Å². The maximum atomic E-state index is 12.5. The van der Waals surface area contributed by atoms with E-state index >= 15 is 0 Å². The van der Waals surface area contributed by atoms with E-state index in [1.54, 1.807) is 53.2 Å². The third kappa shape index (κ3) is 4.72. The van der Waals surface area contributed by atoms with E-state index in [1.807, 2.05) is 39.0 Å². The van der Waals surface area contributed by atoms with Gasteiger partial charge in [-0.25, -0.2) is 13.1 Å². The summed E-state index contributed by atoms with van der Waals surface area (Å²) in [5, 5.41) is 16.0. The SMILES string of the molecule is Cc1ccc(S(=O)(=O)Nc2ccc(Nc3ccc(-n4nc(C)cc4C)nn3)cc2)cc1. The van der Waals surface area contributed by atoms with E-state index in [-0.39, 0.29) is 4.90 Å². The van der Waals surface area contributed by atoms with Crippen LogP contribution in [-0.2, 0) is 10.0 Å². The molecule has 9 heteroatoms. The molecule has 31 heavy (non-hydrogen) atoms. The van der Waals surface area contributed by atoms with E-state index in [0.717, 1.165) is 22.6 Å². The summed E-state index contributed by atoms with van der Waals surface area (Å²) < 4.78 is 29.3. The summed E-state index contributed by atoms with van der Waals surface area (Å²) in [6.07, 6.45) is 0. The summed E-state index contributed by atoms with van der Waals surface area (Å²) in [6, 6.07) is 19.2. The van der Waals surface area contributed by atoms with Gasteiger partial charge in [-0.1, -0.05) is 17.7 Å². The predicted octanol–water partition coefficient (Wildman–Crippen LogP) is 4.13. The largest absolute Gasteiger partial charge is 0.339 e. The summed E-state index contributed by atoms with van der Waals surface area (Å²) in [4.78, 5) is 0.221. The highest BCUT2D eigenvalue weighted by atomic mass is 32.2. The van der Waals surface area contributed by atoms with Crippen molar-refractivity contribution < 1.29 is 8.42 Å². The minimum atomic E-state index is -3.64. The molecule has 0 atom stereocenters. The Hall–Kier alpha value is -3.72. The monoisotopic (exact) mass is 434 g/mol. The molecule has 0 saturated carbocycles. The second kappa shape index (κ2) is 8.19. The topological polar surface area (TPSA) is 102 Å². The van der Waals surface area contributed by atoms with E-state index in [2.05, 4.69) is 25.3 Å². The zero-order chi connectivity index (χ0) is 22.0. The van der Waals surface area contributed by atoms with Crippen LogP contribution in [0.1, 0.15) is 17.0 Å². The predicted molar refractivity (Wildman–Crippen MR) is 120 cm³/mol. The first kappa shape index (κ1) is 20.5. The van der Waals surface area contributed by atoms with E-state index in [4.69, 9.17) is 0 Å². The molecule has 158 valence electrons. The molecule has 2 aromatic heterocycles. The number of sulfonamides is 1. The van der Waals surface area contributed by atoms with Gasteiger partial charge in [0.2, 0.25) is 0 Å². The highest BCUT2D eigenvalue weighted by molar-refractivity contribution is 7.92. The molecule has 2 N–H and O–H groups in total. The van der Waals surface area contributed by atoms with Crippen LogP contribution >= 0.6 is 0 Å². The van der Waals surface area contributed by atoms with Crippen LogP contribution in [0.4, 0.5) is 17.2 Å². The molecule has 2 heterocycles.